The van der Waals surface area contributed by atoms with E-state index in [9.17, 15) is 52.7 Å². The Balaban J connectivity index is 1.84. The Hall–Kier alpha value is -8.21. The van der Waals surface area contributed by atoms with Crippen LogP contribution in [0.3, 0.4) is 0 Å². The van der Waals surface area contributed by atoms with Crippen LogP contribution in [0.25, 0.3) is 21.5 Å². The van der Waals surface area contributed by atoms with E-state index >= 15 is 0 Å². The number of alkyl carbamates (subject to hydrolysis) is 1. The van der Waals surface area contributed by atoms with Crippen LogP contribution in [0.2, 0.25) is 0 Å². The topological polar surface area (TPSA) is 462 Å². The normalized spacial score (nSPS) is 11.4. The van der Waals surface area contributed by atoms with Crippen LogP contribution in [0, 0.1) is 0 Å². The number of carbonyl (C=O) groups is 11. The Labute approximate surface area is 529 Å². The lowest BCUT2D eigenvalue weighted by atomic mass is 9.97. The van der Waals surface area contributed by atoms with Gasteiger partial charge < -0.3 is 105 Å². The van der Waals surface area contributed by atoms with Gasteiger partial charge in [0.25, 0.3) is 0 Å². The van der Waals surface area contributed by atoms with Gasteiger partial charge in [-0.3, -0.25) is 47.9 Å². The lowest BCUT2D eigenvalue weighted by Gasteiger charge is -2.34. The van der Waals surface area contributed by atoms with Crippen molar-refractivity contribution < 1.29 is 131 Å². The van der Waals surface area contributed by atoms with Crippen molar-refractivity contribution in [3.8, 4) is 0 Å². The van der Waals surface area contributed by atoms with Crippen LogP contribution >= 0.6 is 0 Å². The zero-order chi connectivity index (χ0) is 67.4. The minimum absolute atomic E-state index is 0.0268. The molecule has 32 nitrogen and oxygen atoms in total. The molecule has 0 atom stereocenters. The zero-order valence-corrected chi connectivity index (χ0v) is 51.1. The maximum absolute atomic E-state index is 14.0. The molecule has 5 amide bonds. The van der Waals surface area contributed by atoms with Gasteiger partial charge in [-0.2, -0.15) is 0 Å². The minimum Gasteiger partial charge on any atom is -0.481 e. The Morgan fingerprint density at radius 2 is 0.685 bits per heavy atom. The molecule has 0 saturated carbocycles. The molecule has 0 aliphatic carbocycles. The van der Waals surface area contributed by atoms with E-state index < -0.39 is 109 Å². The molecule has 0 bridgehead atoms. The number of hydrogen-bond donors (Lipinski definition) is 11. The quantitative estimate of drug-likeness (QED) is 0.0282. The van der Waals surface area contributed by atoms with Crippen molar-refractivity contribution in [2.45, 2.75) is 101 Å². The van der Waals surface area contributed by atoms with Gasteiger partial charge in [0.1, 0.15) is 12.1 Å². The first-order chi connectivity index (χ1) is 44.1. The van der Waals surface area contributed by atoms with Gasteiger partial charge in [-0.1, -0.05) is 48.5 Å². The fourth-order valence-corrected chi connectivity index (χ4v) is 8.38. The Bertz CT molecular complexity index is 2510. The summed E-state index contributed by atoms with van der Waals surface area (Å²) >= 11 is 0. The van der Waals surface area contributed by atoms with E-state index in [0.29, 0.717) is 0 Å². The van der Waals surface area contributed by atoms with Gasteiger partial charge in [0.05, 0.1) is 176 Å². The molecule has 92 heavy (non-hydrogen) atoms. The molecular formula is C60H85N5O27. The number of amides is 5. The molecule has 0 fully saturated rings. The highest BCUT2D eigenvalue weighted by Gasteiger charge is 2.34. The molecule has 0 unspecified atom stereocenters. The zero-order valence-electron chi connectivity index (χ0n) is 51.1. The Morgan fingerprint density at radius 1 is 0.380 bits per heavy atom. The summed E-state index contributed by atoms with van der Waals surface area (Å²) in [6.45, 7) is -4.81. The van der Waals surface area contributed by atoms with Crippen LogP contribution in [0.5, 0.6) is 0 Å². The average molecular weight is 1310 g/mol. The molecule has 32 heteroatoms. The largest absolute Gasteiger partial charge is 0.481 e. The van der Waals surface area contributed by atoms with Crippen molar-refractivity contribution in [3.05, 3.63) is 60.2 Å². The van der Waals surface area contributed by atoms with Crippen LogP contribution in [0.4, 0.5) is 4.79 Å². The third-order valence-electron chi connectivity index (χ3n) is 12.8. The number of benzene rings is 3. The molecule has 3 rings (SSSR count). The number of carboxylic acids is 6. The van der Waals surface area contributed by atoms with Crippen molar-refractivity contribution in [3.63, 3.8) is 0 Å². The predicted molar refractivity (Wildman–Crippen MR) is 320 cm³/mol. The van der Waals surface area contributed by atoms with Gasteiger partial charge in [0.15, 0.2) is 0 Å². The summed E-state index contributed by atoms with van der Waals surface area (Å²) in [5, 5.41) is 71.4. The highest BCUT2D eigenvalue weighted by molar-refractivity contribution is 6.02. The second kappa shape index (κ2) is 45.9. The SMILES string of the molecule is O=C(O)CCOCC(COCCC(=O)O)NC(=O)CCOCC(COCCC(=O)NC(COCCC(=O)O)COCCC(=O)O)(COCCC(=O)NC(COCCC(=O)O)COCCC(=O)O)NC(=O)CCCNC(=O)OCc1c2ccccc2cc2ccccc12. The molecule has 0 heterocycles. The first kappa shape index (κ1) is 78.0. The minimum atomic E-state index is -1.68. The van der Waals surface area contributed by atoms with Crippen molar-refractivity contribution in [2.24, 2.45) is 0 Å². The third kappa shape index (κ3) is 36.6. The van der Waals surface area contributed by atoms with E-state index in [0.717, 1.165) is 27.1 Å². The van der Waals surface area contributed by atoms with Crippen LogP contribution < -0.4 is 26.6 Å². The van der Waals surface area contributed by atoms with Crippen LogP contribution in [0.1, 0.15) is 76.2 Å². The monoisotopic (exact) mass is 1310 g/mol. The first-order valence-corrected chi connectivity index (χ1v) is 29.6. The lowest BCUT2D eigenvalue weighted by Crippen LogP contribution is -2.59. The summed E-state index contributed by atoms with van der Waals surface area (Å²) in [4.78, 5) is 133. The van der Waals surface area contributed by atoms with Gasteiger partial charge in [-0.05, 0) is 34.0 Å². The van der Waals surface area contributed by atoms with E-state index in [4.69, 9.17) is 78.0 Å². The highest BCUT2D eigenvalue weighted by atomic mass is 16.6. The van der Waals surface area contributed by atoms with Crippen molar-refractivity contribution >= 4 is 87.1 Å². The van der Waals surface area contributed by atoms with Gasteiger partial charge in [0.2, 0.25) is 23.6 Å². The second-order valence-corrected chi connectivity index (χ2v) is 20.7. The first-order valence-electron chi connectivity index (χ1n) is 29.6. The molecule has 0 radical (unpaired) electrons. The number of carboxylic acid groups (broad SMARTS) is 6. The van der Waals surface area contributed by atoms with Crippen LogP contribution in [-0.4, -0.2) is 245 Å². The number of aliphatic carboxylic acids is 6. The van der Waals surface area contributed by atoms with Gasteiger partial charge in [-0.25, -0.2) is 4.79 Å². The number of fused-ring (bicyclic) bond motifs is 2. The Morgan fingerprint density at radius 3 is 1.00 bits per heavy atom. The summed E-state index contributed by atoms with van der Waals surface area (Å²) in [7, 11) is 0. The van der Waals surface area contributed by atoms with Crippen molar-refractivity contribution in [2.75, 3.05) is 125 Å². The molecular weight excluding hydrogens is 1220 g/mol. The van der Waals surface area contributed by atoms with E-state index in [1.54, 1.807) is 0 Å². The molecule has 0 aromatic heterocycles. The molecule has 512 valence electrons. The van der Waals surface area contributed by atoms with Gasteiger partial charge in [0, 0.05) is 37.8 Å². The molecule has 0 aliphatic rings. The number of hydrogen-bond acceptors (Lipinski definition) is 21. The predicted octanol–water partition coefficient (Wildman–Crippen LogP) is 1.48. The average Bonchev–Trinajstić information content (AvgIpc) is 0.809. The molecule has 11 N–H and O–H groups in total. The standard InChI is InChI=1S/C60H85N5O27/c66-49(62-43(31-83-24-14-53(70)71)32-84-25-15-54(72)73)11-21-89-38-60(39-90-22-12-50(67)63-44(33-85-26-16-55(74)75)34-86-27-17-56(76)77,40-91-23-13-51(68)64-45(35-87-28-18-57(78)79)36-88-29-19-58(80)81)65-52(69)10-5-20-61-59(82)92-37-48-46-8-3-1-6-41(46)30-42-7-2-4-9-47(42)48/h1-4,6-9,30,43-45H,5,10-29,31-40H2,(H,61,82)(H,62,66)(H,63,67)(H,64,68)(H,65,69)(H,70,71)(H,72,73)(H,74,75)(H,76,77)(H,78,79)(H,80,81). The summed E-state index contributed by atoms with van der Waals surface area (Å²) in [6.07, 6.45) is -3.89. The second-order valence-electron chi connectivity index (χ2n) is 20.7. The summed E-state index contributed by atoms with van der Waals surface area (Å²) in [5.41, 5.74) is -0.878. The molecule has 0 aliphatic heterocycles. The fraction of sp³-hybridized carbons (Fsp3) is 0.583. The van der Waals surface area contributed by atoms with E-state index in [1.807, 2.05) is 54.6 Å². The van der Waals surface area contributed by atoms with Crippen LogP contribution in [0.15, 0.2) is 54.6 Å². The highest BCUT2D eigenvalue weighted by Crippen LogP contribution is 2.29. The maximum Gasteiger partial charge on any atom is 0.407 e. The molecule has 0 spiro atoms. The van der Waals surface area contributed by atoms with E-state index in [-0.39, 0.29) is 183 Å². The van der Waals surface area contributed by atoms with E-state index in [2.05, 4.69) is 26.6 Å². The summed E-state index contributed by atoms with van der Waals surface area (Å²) < 4.78 is 56.1. The number of carbonyl (C=O) groups excluding carboxylic acids is 5. The summed E-state index contributed by atoms with van der Waals surface area (Å²) in [5.74, 6) is -9.20. The Kier molecular flexibility index (Phi) is 39.0. The van der Waals surface area contributed by atoms with Gasteiger partial charge in [-0.15, -0.1) is 0 Å². The molecule has 0 saturated heterocycles. The van der Waals surface area contributed by atoms with Gasteiger partial charge >= 0.3 is 41.9 Å². The number of rotatable bonds is 55. The number of ether oxygens (including phenoxy) is 10. The third-order valence-corrected chi connectivity index (χ3v) is 12.8. The van der Waals surface area contributed by atoms with Crippen molar-refractivity contribution in [1.29, 1.82) is 0 Å². The molecule has 3 aromatic carbocycles. The molecule has 3 aromatic rings. The smallest absolute Gasteiger partial charge is 0.407 e. The fourth-order valence-electron chi connectivity index (χ4n) is 8.38. The van der Waals surface area contributed by atoms with E-state index in [1.165, 1.54) is 0 Å². The van der Waals surface area contributed by atoms with Crippen molar-refractivity contribution in [1.82, 2.24) is 26.6 Å². The maximum atomic E-state index is 14.0. The van der Waals surface area contributed by atoms with Crippen LogP contribution in [-0.2, 0) is 102 Å². The lowest BCUT2D eigenvalue weighted by molar-refractivity contribution is -0.139. The summed E-state index contributed by atoms with van der Waals surface area (Å²) in [6, 6.07) is 14.8. The number of nitrogens with one attached hydrogen (secondary N) is 5.